The van der Waals surface area contributed by atoms with E-state index in [1.165, 1.54) is 0 Å². The third-order valence-electron chi connectivity index (χ3n) is 5.43. The Morgan fingerprint density at radius 1 is 0.969 bits per heavy atom. The van der Waals surface area contributed by atoms with Crippen LogP contribution in [0.25, 0.3) is 0 Å². The van der Waals surface area contributed by atoms with Crippen molar-refractivity contribution in [3.8, 4) is 11.5 Å². The average molecular weight is 432 g/mol. The van der Waals surface area contributed by atoms with Crippen molar-refractivity contribution in [2.45, 2.75) is 6.54 Å². The highest BCUT2D eigenvalue weighted by Crippen LogP contribution is 2.32. The molecule has 0 radical (unpaired) electrons. The van der Waals surface area contributed by atoms with Gasteiger partial charge in [-0.2, -0.15) is 0 Å². The minimum atomic E-state index is -0.183. The number of rotatable bonds is 6. The molecular weight excluding hydrogens is 408 g/mol. The van der Waals surface area contributed by atoms with Gasteiger partial charge < -0.3 is 29.7 Å². The van der Waals surface area contributed by atoms with Crippen LogP contribution in [0.1, 0.15) is 15.9 Å². The molecule has 8 nitrogen and oxygen atoms in total. The second-order valence-corrected chi connectivity index (χ2v) is 7.57. The normalized spacial score (nSPS) is 14.8. The molecule has 8 heteroatoms. The Morgan fingerprint density at radius 3 is 2.62 bits per heavy atom. The fourth-order valence-corrected chi connectivity index (χ4v) is 3.69. The fourth-order valence-electron chi connectivity index (χ4n) is 3.69. The SMILES string of the molecule is O=C(Nc1ccc(N2CCOCC2)cc1)c1ccnc(NCc2ccc3c(c2)OCO3)c1. The third kappa shape index (κ3) is 4.60. The van der Waals surface area contributed by atoms with Crippen molar-refractivity contribution in [2.24, 2.45) is 0 Å². The number of morpholine rings is 1. The van der Waals surface area contributed by atoms with Gasteiger partial charge in [-0.3, -0.25) is 4.79 Å². The van der Waals surface area contributed by atoms with Crippen LogP contribution in [0.15, 0.2) is 60.8 Å². The molecule has 1 fully saturated rings. The van der Waals surface area contributed by atoms with Gasteiger partial charge in [0, 0.05) is 42.8 Å². The second kappa shape index (κ2) is 9.15. The molecule has 0 spiro atoms. The predicted molar refractivity (Wildman–Crippen MR) is 122 cm³/mol. The maximum absolute atomic E-state index is 12.7. The van der Waals surface area contributed by atoms with Gasteiger partial charge in [0.15, 0.2) is 11.5 Å². The van der Waals surface area contributed by atoms with Gasteiger partial charge in [-0.05, 0) is 54.1 Å². The van der Waals surface area contributed by atoms with Crippen LogP contribution in [0.4, 0.5) is 17.2 Å². The Hall–Kier alpha value is -3.78. The molecule has 2 aromatic carbocycles. The number of hydrogen-bond donors (Lipinski definition) is 2. The van der Waals surface area contributed by atoms with Gasteiger partial charge in [-0.1, -0.05) is 6.07 Å². The van der Waals surface area contributed by atoms with Crippen LogP contribution >= 0.6 is 0 Å². The van der Waals surface area contributed by atoms with Crippen LogP contribution in [0.2, 0.25) is 0 Å². The van der Waals surface area contributed by atoms with Crippen LogP contribution in [0, 0.1) is 0 Å². The van der Waals surface area contributed by atoms with E-state index >= 15 is 0 Å². The standard InChI is InChI=1S/C24H24N4O4/c29-24(27-19-2-4-20(5-3-19)28-9-11-30-12-10-28)18-7-8-25-23(14-18)26-15-17-1-6-21-22(13-17)32-16-31-21/h1-8,13-14H,9-12,15-16H2,(H,25,26)(H,27,29). The van der Waals surface area contributed by atoms with Gasteiger partial charge in [0.1, 0.15) is 5.82 Å². The van der Waals surface area contributed by atoms with Crippen molar-refractivity contribution in [1.82, 2.24) is 4.98 Å². The number of nitrogens with zero attached hydrogens (tertiary/aromatic N) is 2. The highest BCUT2D eigenvalue weighted by Gasteiger charge is 2.14. The van der Waals surface area contributed by atoms with Gasteiger partial charge >= 0.3 is 0 Å². The molecule has 1 saturated heterocycles. The van der Waals surface area contributed by atoms with Crippen molar-refractivity contribution < 1.29 is 19.0 Å². The molecule has 2 aliphatic rings. The monoisotopic (exact) mass is 432 g/mol. The Kier molecular flexibility index (Phi) is 5.76. The number of carbonyl (C=O) groups excluding carboxylic acids is 1. The predicted octanol–water partition coefficient (Wildman–Crippen LogP) is 3.51. The molecule has 1 aromatic heterocycles. The molecule has 2 aliphatic heterocycles. The molecule has 2 N–H and O–H groups in total. The van der Waals surface area contributed by atoms with E-state index < -0.39 is 0 Å². The summed E-state index contributed by atoms with van der Waals surface area (Å²) in [5.74, 6) is 1.93. The van der Waals surface area contributed by atoms with Gasteiger partial charge in [0.2, 0.25) is 6.79 Å². The lowest BCUT2D eigenvalue weighted by Gasteiger charge is -2.28. The van der Waals surface area contributed by atoms with E-state index in [-0.39, 0.29) is 12.7 Å². The van der Waals surface area contributed by atoms with Gasteiger partial charge in [0.05, 0.1) is 13.2 Å². The topological polar surface area (TPSA) is 85.0 Å². The van der Waals surface area contributed by atoms with E-state index in [4.69, 9.17) is 14.2 Å². The van der Waals surface area contributed by atoms with Crippen LogP contribution in [-0.4, -0.2) is 44.0 Å². The number of amides is 1. The molecule has 5 rings (SSSR count). The summed E-state index contributed by atoms with van der Waals surface area (Å²) in [5.41, 5.74) is 3.45. The first-order valence-electron chi connectivity index (χ1n) is 10.6. The molecule has 1 amide bonds. The second-order valence-electron chi connectivity index (χ2n) is 7.57. The fraction of sp³-hybridized carbons (Fsp3) is 0.250. The zero-order valence-electron chi connectivity index (χ0n) is 17.5. The lowest BCUT2D eigenvalue weighted by atomic mass is 10.2. The first-order chi connectivity index (χ1) is 15.7. The molecule has 0 saturated carbocycles. The van der Waals surface area contributed by atoms with E-state index in [2.05, 4.69) is 20.5 Å². The number of hydrogen-bond acceptors (Lipinski definition) is 7. The molecule has 3 aromatic rings. The minimum Gasteiger partial charge on any atom is -0.454 e. The van der Waals surface area contributed by atoms with Crippen molar-refractivity contribution >= 4 is 23.1 Å². The van der Waals surface area contributed by atoms with E-state index in [1.807, 2.05) is 42.5 Å². The Balaban J connectivity index is 1.19. The number of benzene rings is 2. The zero-order valence-corrected chi connectivity index (χ0v) is 17.5. The molecule has 0 unspecified atom stereocenters. The van der Waals surface area contributed by atoms with Gasteiger partial charge in [-0.25, -0.2) is 4.98 Å². The summed E-state index contributed by atoms with van der Waals surface area (Å²) in [5, 5.41) is 6.20. The van der Waals surface area contributed by atoms with Crippen LogP contribution in [0.5, 0.6) is 11.5 Å². The molecular formula is C24H24N4O4. The number of aromatic nitrogens is 1. The Bertz CT molecular complexity index is 1100. The smallest absolute Gasteiger partial charge is 0.255 e. The summed E-state index contributed by atoms with van der Waals surface area (Å²) in [6.07, 6.45) is 1.62. The number of ether oxygens (including phenoxy) is 3. The number of anilines is 3. The maximum atomic E-state index is 12.7. The minimum absolute atomic E-state index is 0.183. The summed E-state index contributed by atoms with van der Waals surface area (Å²) in [4.78, 5) is 19.3. The lowest BCUT2D eigenvalue weighted by Crippen LogP contribution is -2.36. The molecule has 0 aliphatic carbocycles. The number of carbonyl (C=O) groups is 1. The molecule has 0 bridgehead atoms. The van der Waals surface area contributed by atoms with E-state index in [1.54, 1.807) is 18.3 Å². The van der Waals surface area contributed by atoms with Gasteiger partial charge in [-0.15, -0.1) is 0 Å². The Morgan fingerprint density at radius 2 is 1.78 bits per heavy atom. The number of nitrogens with one attached hydrogen (secondary N) is 2. The van der Waals surface area contributed by atoms with Crippen molar-refractivity contribution in [2.75, 3.05) is 48.6 Å². The first kappa shape index (κ1) is 20.1. The highest BCUT2D eigenvalue weighted by atomic mass is 16.7. The molecule has 164 valence electrons. The molecule has 3 heterocycles. The first-order valence-corrected chi connectivity index (χ1v) is 10.6. The largest absolute Gasteiger partial charge is 0.454 e. The summed E-state index contributed by atoms with van der Waals surface area (Å²) >= 11 is 0. The molecule has 32 heavy (non-hydrogen) atoms. The number of pyridine rings is 1. The van der Waals surface area contributed by atoms with Crippen molar-refractivity contribution in [3.05, 3.63) is 71.9 Å². The summed E-state index contributed by atoms with van der Waals surface area (Å²) in [6.45, 7) is 4.05. The van der Waals surface area contributed by atoms with E-state index in [0.717, 1.165) is 54.7 Å². The highest BCUT2D eigenvalue weighted by molar-refractivity contribution is 6.04. The summed E-state index contributed by atoms with van der Waals surface area (Å²) < 4.78 is 16.1. The summed E-state index contributed by atoms with van der Waals surface area (Å²) in [6, 6.07) is 17.1. The van der Waals surface area contributed by atoms with Crippen LogP contribution in [-0.2, 0) is 11.3 Å². The summed E-state index contributed by atoms with van der Waals surface area (Å²) in [7, 11) is 0. The van der Waals surface area contributed by atoms with Gasteiger partial charge in [0.25, 0.3) is 5.91 Å². The average Bonchev–Trinajstić information content (AvgIpc) is 3.32. The number of fused-ring (bicyclic) bond motifs is 1. The Labute approximate surface area is 186 Å². The third-order valence-corrected chi connectivity index (χ3v) is 5.43. The zero-order chi connectivity index (χ0) is 21.8. The quantitative estimate of drug-likeness (QED) is 0.617. The van der Waals surface area contributed by atoms with Crippen LogP contribution < -0.4 is 25.0 Å². The maximum Gasteiger partial charge on any atom is 0.255 e. The van der Waals surface area contributed by atoms with Crippen LogP contribution in [0.3, 0.4) is 0 Å². The van der Waals surface area contributed by atoms with E-state index in [9.17, 15) is 4.79 Å². The van der Waals surface area contributed by atoms with Crippen molar-refractivity contribution in [3.63, 3.8) is 0 Å². The van der Waals surface area contributed by atoms with E-state index in [0.29, 0.717) is 17.9 Å². The lowest BCUT2D eigenvalue weighted by molar-refractivity contribution is 0.102. The molecule has 0 atom stereocenters. The van der Waals surface area contributed by atoms with Crippen molar-refractivity contribution in [1.29, 1.82) is 0 Å².